The summed E-state index contributed by atoms with van der Waals surface area (Å²) in [6.45, 7) is 8.55. The second-order valence-electron chi connectivity index (χ2n) is 6.03. The summed E-state index contributed by atoms with van der Waals surface area (Å²) in [6.07, 6.45) is 0. The number of nitrogens with one attached hydrogen (secondary N) is 2. The highest BCUT2D eigenvalue weighted by Gasteiger charge is 2.06. The van der Waals surface area contributed by atoms with Gasteiger partial charge in [0.1, 0.15) is 5.75 Å². The first-order valence-electron chi connectivity index (χ1n) is 9.32. The minimum absolute atomic E-state index is 0.521. The van der Waals surface area contributed by atoms with Gasteiger partial charge in [-0.3, -0.25) is 4.21 Å². The summed E-state index contributed by atoms with van der Waals surface area (Å²) in [5, 5.41) is 6.49. The Bertz CT molecular complexity index is 763. The average Bonchev–Trinajstić information content (AvgIpc) is 2.68. The third kappa shape index (κ3) is 7.06. The van der Waals surface area contributed by atoms with Crippen LogP contribution in [0.2, 0.25) is 0 Å². The van der Waals surface area contributed by atoms with Crippen LogP contribution in [0.5, 0.6) is 5.75 Å². The number of rotatable bonds is 9. The molecule has 0 amide bonds. The number of hydrogen-bond acceptors (Lipinski definition) is 3. The number of hydrogen-bond donors (Lipinski definition) is 2. The Morgan fingerprint density at radius 3 is 2.59 bits per heavy atom. The zero-order valence-corrected chi connectivity index (χ0v) is 17.1. The van der Waals surface area contributed by atoms with Crippen LogP contribution in [0.4, 0.5) is 0 Å². The van der Waals surface area contributed by atoms with Crippen molar-refractivity contribution < 1.29 is 8.95 Å². The molecule has 0 aliphatic rings. The first-order valence-corrected chi connectivity index (χ1v) is 10.6. The van der Waals surface area contributed by atoms with Crippen molar-refractivity contribution in [2.75, 3.05) is 25.4 Å². The van der Waals surface area contributed by atoms with E-state index in [9.17, 15) is 4.21 Å². The van der Waals surface area contributed by atoms with Crippen molar-refractivity contribution in [3.05, 3.63) is 59.7 Å². The van der Waals surface area contributed by atoms with Gasteiger partial charge in [-0.1, -0.05) is 30.3 Å². The lowest BCUT2D eigenvalue weighted by atomic mass is 10.1. The molecular formula is C21H29N3O2S. The summed E-state index contributed by atoms with van der Waals surface area (Å²) in [5.41, 5.74) is 2.21. The Hall–Kier alpha value is -2.34. The highest BCUT2D eigenvalue weighted by atomic mass is 32.2. The predicted octanol–water partition coefficient (Wildman–Crippen LogP) is 3.26. The maximum absolute atomic E-state index is 12.3. The third-order valence-electron chi connectivity index (χ3n) is 3.86. The van der Waals surface area contributed by atoms with Gasteiger partial charge in [0, 0.05) is 29.3 Å². The van der Waals surface area contributed by atoms with E-state index < -0.39 is 10.8 Å². The molecule has 2 N–H and O–H groups in total. The Kier molecular flexibility index (Phi) is 8.84. The molecule has 0 aromatic heterocycles. The number of aliphatic imine (C=N–C) groups is 1. The van der Waals surface area contributed by atoms with Gasteiger partial charge in [-0.2, -0.15) is 0 Å². The van der Waals surface area contributed by atoms with Crippen LogP contribution in [-0.4, -0.2) is 35.6 Å². The molecule has 0 aliphatic carbocycles. The van der Waals surface area contributed by atoms with Crippen LogP contribution >= 0.6 is 0 Å². The Morgan fingerprint density at radius 2 is 1.89 bits per heavy atom. The molecule has 0 heterocycles. The molecule has 2 rings (SSSR count). The van der Waals surface area contributed by atoms with E-state index in [1.54, 1.807) is 0 Å². The quantitative estimate of drug-likeness (QED) is 0.512. The fourth-order valence-corrected chi connectivity index (χ4v) is 3.52. The smallest absolute Gasteiger partial charge is 0.191 e. The fraction of sp³-hybridized carbons (Fsp3) is 0.381. The van der Waals surface area contributed by atoms with Crippen LogP contribution in [0, 0.1) is 6.92 Å². The van der Waals surface area contributed by atoms with Crippen molar-refractivity contribution >= 4 is 16.8 Å². The predicted molar refractivity (Wildman–Crippen MR) is 113 cm³/mol. The number of guanidine groups is 1. The molecule has 0 fully saturated rings. The second-order valence-corrected chi connectivity index (χ2v) is 7.60. The standard InChI is InChI=1S/C21H29N3O2S/c1-4-22-21(23-13-14-27(25)19-9-7-6-8-10-19)24-16-18-12-11-17(3)15-20(18)26-5-2/h6-12,15H,4-5,13-14,16H2,1-3H3,(H2,22,23,24). The van der Waals surface area contributed by atoms with Crippen LogP contribution in [0.3, 0.4) is 0 Å². The molecule has 146 valence electrons. The van der Waals surface area contributed by atoms with Crippen LogP contribution in [0.1, 0.15) is 25.0 Å². The van der Waals surface area contributed by atoms with Gasteiger partial charge in [-0.25, -0.2) is 4.99 Å². The van der Waals surface area contributed by atoms with Crippen molar-refractivity contribution in [3.63, 3.8) is 0 Å². The largest absolute Gasteiger partial charge is 0.494 e. The molecule has 5 nitrogen and oxygen atoms in total. The Morgan fingerprint density at radius 1 is 1.11 bits per heavy atom. The molecule has 0 aliphatic heterocycles. The maximum atomic E-state index is 12.3. The molecule has 6 heteroatoms. The Balaban J connectivity index is 1.95. The lowest BCUT2D eigenvalue weighted by Crippen LogP contribution is -2.39. The van der Waals surface area contributed by atoms with Crippen molar-refractivity contribution in [1.29, 1.82) is 0 Å². The topological polar surface area (TPSA) is 62.7 Å². The van der Waals surface area contributed by atoms with Gasteiger partial charge < -0.3 is 15.4 Å². The van der Waals surface area contributed by atoms with Crippen LogP contribution in [0.25, 0.3) is 0 Å². The summed E-state index contributed by atoms with van der Waals surface area (Å²) in [7, 11) is -1.02. The maximum Gasteiger partial charge on any atom is 0.191 e. The number of aryl methyl sites for hydroxylation is 1. The summed E-state index contributed by atoms with van der Waals surface area (Å²) in [5.74, 6) is 2.12. The van der Waals surface area contributed by atoms with Crippen molar-refractivity contribution in [2.45, 2.75) is 32.2 Å². The van der Waals surface area contributed by atoms with E-state index in [1.807, 2.05) is 57.2 Å². The second kappa shape index (κ2) is 11.4. The highest BCUT2D eigenvalue weighted by molar-refractivity contribution is 7.85. The van der Waals surface area contributed by atoms with Crippen molar-refractivity contribution in [2.24, 2.45) is 4.99 Å². The molecule has 1 atom stereocenters. The molecule has 0 bridgehead atoms. The normalized spacial score (nSPS) is 12.5. The van der Waals surface area contributed by atoms with E-state index >= 15 is 0 Å². The molecule has 0 spiro atoms. The summed E-state index contributed by atoms with van der Waals surface area (Å²) < 4.78 is 18.0. The first kappa shape index (κ1) is 21.0. The van der Waals surface area contributed by atoms with Crippen LogP contribution < -0.4 is 15.4 Å². The lowest BCUT2D eigenvalue weighted by Gasteiger charge is -2.13. The third-order valence-corrected chi connectivity index (χ3v) is 5.23. The molecule has 0 radical (unpaired) electrons. The summed E-state index contributed by atoms with van der Waals surface area (Å²) in [4.78, 5) is 5.49. The van der Waals surface area contributed by atoms with Gasteiger partial charge in [-0.05, 0) is 44.5 Å². The van der Waals surface area contributed by atoms with Gasteiger partial charge in [0.2, 0.25) is 0 Å². The fourth-order valence-electron chi connectivity index (χ4n) is 2.54. The van der Waals surface area contributed by atoms with Gasteiger partial charge in [0.25, 0.3) is 0 Å². The van der Waals surface area contributed by atoms with E-state index in [4.69, 9.17) is 4.74 Å². The van der Waals surface area contributed by atoms with E-state index in [2.05, 4.69) is 27.8 Å². The van der Waals surface area contributed by atoms with E-state index in [-0.39, 0.29) is 0 Å². The SMILES string of the molecule is CCNC(=NCc1ccc(C)cc1OCC)NCCS(=O)c1ccccc1. The molecule has 0 saturated heterocycles. The molecule has 27 heavy (non-hydrogen) atoms. The van der Waals surface area contributed by atoms with Crippen molar-refractivity contribution in [3.8, 4) is 5.75 Å². The molecular weight excluding hydrogens is 358 g/mol. The van der Waals surface area contributed by atoms with E-state index in [0.717, 1.165) is 22.8 Å². The van der Waals surface area contributed by atoms with E-state index in [1.165, 1.54) is 5.56 Å². The van der Waals surface area contributed by atoms with Crippen LogP contribution in [-0.2, 0) is 17.3 Å². The Labute approximate surface area is 164 Å². The first-order chi connectivity index (χ1) is 13.1. The van der Waals surface area contributed by atoms with Gasteiger partial charge in [0.05, 0.1) is 24.0 Å². The molecule has 1 unspecified atom stereocenters. The number of ether oxygens (including phenoxy) is 1. The molecule has 2 aromatic rings. The number of benzene rings is 2. The van der Waals surface area contributed by atoms with Gasteiger partial charge >= 0.3 is 0 Å². The number of nitrogens with zero attached hydrogens (tertiary/aromatic N) is 1. The lowest BCUT2D eigenvalue weighted by molar-refractivity contribution is 0.336. The van der Waals surface area contributed by atoms with Gasteiger partial charge in [0.15, 0.2) is 5.96 Å². The van der Waals surface area contributed by atoms with Crippen LogP contribution in [0.15, 0.2) is 58.4 Å². The molecule has 2 aromatic carbocycles. The summed E-state index contributed by atoms with van der Waals surface area (Å²) in [6, 6.07) is 15.7. The minimum Gasteiger partial charge on any atom is -0.494 e. The van der Waals surface area contributed by atoms with E-state index in [0.29, 0.717) is 31.4 Å². The van der Waals surface area contributed by atoms with Crippen molar-refractivity contribution in [1.82, 2.24) is 10.6 Å². The minimum atomic E-state index is -1.02. The zero-order chi connectivity index (χ0) is 19.5. The van der Waals surface area contributed by atoms with Gasteiger partial charge in [-0.15, -0.1) is 0 Å². The summed E-state index contributed by atoms with van der Waals surface area (Å²) >= 11 is 0. The highest BCUT2D eigenvalue weighted by Crippen LogP contribution is 2.21. The molecule has 0 saturated carbocycles. The average molecular weight is 388 g/mol. The zero-order valence-electron chi connectivity index (χ0n) is 16.3. The monoisotopic (exact) mass is 387 g/mol.